The first kappa shape index (κ1) is 15.2. The number of allylic oxidation sites excluding steroid dienone is 2. The number of aliphatic hydroxyl groups excluding tert-OH is 4. The van der Waals surface area contributed by atoms with Gasteiger partial charge in [0.1, 0.15) is 24.4 Å². The van der Waals surface area contributed by atoms with Gasteiger partial charge in [-0.3, -0.25) is 5.21 Å². The molecule has 5 atom stereocenters. The number of rotatable bonds is 4. The summed E-state index contributed by atoms with van der Waals surface area (Å²) in [5.74, 6) is -0.313. The van der Waals surface area contributed by atoms with Crippen LogP contribution in [0.4, 0.5) is 0 Å². The fraction of sp³-hybridized carbons (Fsp3) is 0.769. The van der Waals surface area contributed by atoms with E-state index in [0.717, 1.165) is 11.1 Å². The molecule has 0 spiro atoms. The van der Waals surface area contributed by atoms with E-state index < -0.39 is 31.0 Å². The van der Waals surface area contributed by atoms with E-state index in [-0.39, 0.29) is 5.92 Å². The first-order valence-corrected chi connectivity index (χ1v) is 6.66. The molecular weight excluding hydrogens is 266 g/mol. The number of hydrogen-bond donors (Lipinski definition) is 4. The van der Waals surface area contributed by atoms with Crippen LogP contribution in [-0.4, -0.2) is 62.1 Å². The molecule has 0 aromatic heterocycles. The monoisotopic (exact) mass is 287 g/mol. The van der Waals surface area contributed by atoms with Crippen LogP contribution < -0.4 is 0 Å². The van der Waals surface area contributed by atoms with Gasteiger partial charge in [-0.1, -0.05) is 11.1 Å². The van der Waals surface area contributed by atoms with Gasteiger partial charge in [-0.15, -0.1) is 0 Å². The van der Waals surface area contributed by atoms with E-state index in [4.69, 9.17) is 9.94 Å². The van der Waals surface area contributed by atoms with Gasteiger partial charge in [0.05, 0.1) is 18.9 Å². The first-order chi connectivity index (χ1) is 9.36. The van der Waals surface area contributed by atoms with Crippen molar-refractivity contribution in [1.82, 2.24) is 0 Å². The summed E-state index contributed by atoms with van der Waals surface area (Å²) < 4.78 is 0. The van der Waals surface area contributed by atoms with Crippen molar-refractivity contribution in [3.63, 3.8) is 0 Å². The molecule has 7 nitrogen and oxygen atoms in total. The standard InChI is InChI=1S/C13H21NO6/c1-6-3-8-9(4-7(6)2)14(19)20-13(8)12(18)11(17)10(16)5-15/h8,10-13,15-18H,3-5H2,1-2H3/t8?,10-,11-,12+,13-/m1/s1. The zero-order valence-electron chi connectivity index (χ0n) is 11.6. The number of hydrogen-bond acceptors (Lipinski definition) is 6. The summed E-state index contributed by atoms with van der Waals surface area (Å²) in [6, 6.07) is 0. The Labute approximate surface area is 117 Å². The van der Waals surface area contributed by atoms with Gasteiger partial charge in [-0.2, -0.15) is 0 Å². The first-order valence-electron chi connectivity index (χ1n) is 6.66. The predicted octanol–water partition coefficient (Wildman–Crippen LogP) is -0.927. The minimum Gasteiger partial charge on any atom is -0.396 e. The van der Waals surface area contributed by atoms with Crippen molar-refractivity contribution in [3.8, 4) is 0 Å². The van der Waals surface area contributed by atoms with Crippen molar-refractivity contribution in [2.75, 3.05) is 6.61 Å². The Kier molecular flexibility index (Phi) is 4.33. The average molecular weight is 287 g/mol. The Morgan fingerprint density at radius 1 is 1.30 bits per heavy atom. The lowest BCUT2D eigenvalue weighted by molar-refractivity contribution is -0.743. The van der Waals surface area contributed by atoms with E-state index in [2.05, 4.69) is 0 Å². The van der Waals surface area contributed by atoms with Crippen LogP contribution in [0.1, 0.15) is 26.7 Å². The van der Waals surface area contributed by atoms with Gasteiger partial charge < -0.3 is 25.3 Å². The molecule has 2 rings (SSSR count). The van der Waals surface area contributed by atoms with Crippen LogP contribution in [0.25, 0.3) is 0 Å². The highest BCUT2D eigenvalue weighted by molar-refractivity contribution is 5.87. The number of nitrogens with zero attached hydrogens (tertiary/aromatic N) is 1. The van der Waals surface area contributed by atoms with Crippen molar-refractivity contribution in [3.05, 3.63) is 16.4 Å². The van der Waals surface area contributed by atoms with E-state index in [1.807, 2.05) is 13.8 Å². The lowest BCUT2D eigenvalue weighted by Crippen LogP contribution is -2.49. The maximum Gasteiger partial charge on any atom is 0.230 e. The third-order valence-corrected chi connectivity index (χ3v) is 4.25. The quantitative estimate of drug-likeness (QED) is 0.392. The molecule has 7 heteroatoms. The molecule has 0 aromatic carbocycles. The van der Waals surface area contributed by atoms with Crippen molar-refractivity contribution < 1.29 is 30.2 Å². The molecule has 0 fully saturated rings. The summed E-state index contributed by atoms with van der Waals surface area (Å²) in [4.78, 5) is 5.50. The van der Waals surface area contributed by atoms with E-state index in [1.165, 1.54) is 0 Å². The Hall–Kier alpha value is -1.15. The van der Waals surface area contributed by atoms with E-state index in [0.29, 0.717) is 23.5 Å². The number of aliphatic hydroxyl groups is 4. The van der Waals surface area contributed by atoms with Crippen LogP contribution in [0.15, 0.2) is 11.1 Å². The fourth-order valence-corrected chi connectivity index (χ4v) is 2.76. The molecule has 0 bridgehead atoms. The molecule has 0 amide bonds. The summed E-state index contributed by atoms with van der Waals surface area (Å²) in [5.41, 5.74) is 2.77. The van der Waals surface area contributed by atoms with Crippen LogP contribution in [0, 0.1) is 11.1 Å². The van der Waals surface area contributed by atoms with Crippen molar-refractivity contribution in [2.24, 2.45) is 5.92 Å². The zero-order chi connectivity index (χ0) is 15.0. The van der Waals surface area contributed by atoms with Crippen molar-refractivity contribution in [1.29, 1.82) is 0 Å². The molecule has 0 saturated heterocycles. The average Bonchev–Trinajstić information content (AvgIpc) is 2.74. The maximum atomic E-state index is 11.8. The SMILES string of the molecule is CC1=C(C)CC2C(=[N+]([O-])O[C@H]2[C@@H](O)[C@H](O)[C@H](O)CO)C1. The Bertz CT molecular complexity index is 446. The highest BCUT2D eigenvalue weighted by atomic mass is 16.9. The molecule has 2 aliphatic rings. The zero-order valence-corrected chi connectivity index (χ0v) is 11.6. The maximum absolute atomic E-state index is 11.8. The van der Waals surface area contributed by atoms with Gasteiger partial charge in [0.15, 0.2) is 0 Å². The second-order valence-corrected chi connectivity index (χ2v) is 5.60. The van der Waals surface area contributed by atoms with Gasteiger partial charge >= 0.3 is 0 Å². The topological polar surface area (TPSA) is 116 Å². The van der Waals surface area contributed by atoms with Gasteiger partial charge in [-0.05, 0) is 20.3 Å². The van der Waals surface area contributed by atoms with Gasteiger partial charge in [0, 0.05) is 4.90 Å². The second kappa shape index (κ2) is 5.69. The highest BCUT2D eigenvalue weighted by Crippen LogP contribution is 2.36. The molecular formula is C13H21NO6. The third kappa shape index (κ3) is 2.54. The molecule has 1 aliphatic carbocycles. The predicted molar refractivity (Wildman–Crippen MR) is 69.7 cm³/mol. The Balaban J connectivity index is 2.17. The summed E-state index contributed by atoms with van der Waals surface area (Å²) in [5, 5.41) is 49.8. The van der Waals surface area contributed by atoms with Crippen molar-refractivity contribution in [2.45, 2.75) is 51.1 Å². The molecule has 0 saturated carbocycles. The number of fused-ring (bicyclic) bond motifs is 1. The van der Waals surface area contributed by atoms with E-state index in [1.54, 1.807) is 0 Å². The van der Waals surface area contributed by atoms with Crippen LogP contribution in [-0.2, 0) is 4.84 Å². The molecule has 0 aromatic rings. The lowest BCUT2D eigenvalue weighted by Gasteiger charge is -2.31. The molecule has 0 radical (unpaired) electrons. The second-order valence-electron chi connectivity index (χ2n) is 5.60. The Morgan fingerprint density at radius 3 is 2.55 bits per heavy atom. The van der Waals surface area contributed by atoms with Crippen LogP contribution in [0.5, 0.6) is 0 Å². The smallest absolute Gasteiger partial charge is 0.230 e. The van der Waals surface area contributed by atoms with Gasteiger partial charge in [0.2, 0.25) is 5.71 Å². The summed E-state index contributed by atoms with van der Waals surface area (Å²) >= 11 is 0. The van der Waals surface area contributed by atoms with E-state index in [9.17, 15) is 20.5 Å². The van der Waals surface area contributed by atoms with Crippen LogP contribution in [0.3, 0.4) is 0 Å². The van der Waals surface area contributed by atoms with Crippen molar-refractivity contribution >= 4 is 5.71 Å². The minimum absolute atomic E-state index is 0.313. The molecule has 4 N–H and O–H groups in total. The Morgan fingerprint density at radius 2 is 1.95 bits per heavy atom. The largest absolute Gasteiger partial charge is 0.396 e. The van der Waals surface area contributed by atoms with Gasteiger partial charge in [-0.25, -0.2) is 0 Å². The minimum atomic E-state index is -1.56. The molecule has 1 aliphatic heterocycles. The molecule has 1 heterocycles. The van der Waals surface area contributed by atoms with Gasteiger partial charge in [0.25, 0.3) is 0 Å². The lowest BCUT2D eigenvalue weighted by atomic mass is 9.78. The normalized spacial score (nSPS) is 30.9. The molecule has 1 unspecified atom stereocenters. The fourth-order valence-electron chi connectivity index (χ4n) is 2.76. The van der Waals surface area contributed by atoms with Crippen LogP contribution in [0.2, 0.25) is 0 Å². The van der Waals surface area contributed by atoms with Crippen LogP contribution >= 0.6 is 0 Å². The summed E-state index contributed by atoms with van der Waals surface area (Å²) in [6.45, 7) is 3.23. The summed E-state index contributed by atoms with van der Waals surface area (Å²) in [7, 11) is 0. The highest BCUT2D eigenvalue weighted by Gasteiger charge is 2.47. The third-order valence-electron chi connectivity index (χ3n) is 4.25. The molecule has 114 valence electrons. The summed E-state index contributed by atoms with van der Waals surface area (Å²) in [6.07, 6.45) is -4.33. The molecule has 20 heavy (non-hydrogen) atoms. The van der Waals surface area contributed by atoms with E-state index >= 15 is 0 Å².